The van der Waals surface area contributed by atoms with E-state index in [1.54, 1.807) is 4.90 Å². The fourth-order valence-electron chi connectivity index (χ4n) is 2.76. The monoisotopic (exact) mass is 268 g/mol. The molecule has 1 heterocycles. The molecule has 0 spiro atoms. The van der Waals surface area contributed by atoms with Crippen molar-refractivity contribution in [2.24, 2.45) is 17.6 Å². The van der Waals surface area contributed by atoms with E-state index in [1.807, 2.05) is 19.1 Å². The van der Waals surface area contributed by atoms with Crippen LogP contribution in [0.4, 0.5) is 0 Å². The maximum atomic E-state index is 12.4. The van der Waals surface area contributed by atoms with E-state index < -0.39 is 11.9 Å². The van der Waals surface area contributed by atoms with Crippen LogP contribution >= 0.6 is 0 Å². The maximum Gasteiger partial charge on any atom is 0.311 e. The van der Waals surface area contributed by atoms with Crippen LogP contribution in [0.1, 0.15) is 13.3 Å². The summed E-state index contributed by atoms with van der Waals surface area (Å²) in [5, 5.41) is 9.17. The molecule has 6 heteroatoms. The number of carboxylic acids is 1. The molecule has 1 saturated heterocycles. The third kappa shape index (κ3) is 2.79. The molecule has 19 heavy (non-hydrogen) atoms. The van der Waals surface area contributed by atoms with Crippen LogP contribution in [0.15, 0.2) is 12.2 Å². The van der Waals surface area contributed by atoms with Crippen LogP contribution in [0.5, 0.6) is 0 Å². The van der Waals surface area contributed by atoms with Crippen molar-refractivity contribution in [2.75, 3.05) is 19.8 Å². The van der Waals surface area contributed by atoms with Crippen molar-refractivity contribution < 1.29 is 19.4 Å². The Hall–Kier alpha value is -1.40. The topological polar surface area (TPSA) is 92.9 Å². The number of carbonyl (C=O) groups is 2. The van der Waals surface area contributed by atoms with Gasteiger partial charge in [-0.25, -0.2) is 0 Å². The number of amides is 1. The predicted molar refractivity (Wildman–Crippen MR) is 68.3 cm³/mol. The van der Waals surface area contributed by atoms with E-state index in [1.165, 1.54) is 0 Å². The van der Waals surface area contributed by atoms with Gasteiger partial charge in [0.25, 0.3) is 0 Å². The number of nitrogens with zero attached hydrogens (tertiary/aromatic N) is 1. The highest BCUT2D eigenvalue weighted by atomic mass is 16.5. The van der Waals surface area contributed by atoms with Crippen molar-refractivity contribution in [3.63, 3.8) is 0 Å². The quantitative estimate of drug-likeness (QED) is 0.691. The van der Waals surface area contributed by atoms with E-state index in [0.717, 1.165) is 0 Å². The van der Waals surface area contributed by atoms with Gasteiger partial charge in [0.1, 0.15) is 5.92 Å². The zero-order valence-corrected chi connectivity index (χ0v) is 11.0. The number of hydrogen-bond donors (Lipinski definition) is 2. The average molecular weight is 268 g/mol. The molecule has 0 aromatic rings. The Morgan fingerprint density at radius 3 is 2.68 bits per heavy atom. The summed E-state index contributed by atoms with van der Waals surface area (Å²) in [5.41, 5.74) is 5.76. The van der Waals surface area contributed by atoms with Crippen LogP contribution in [0.2, 0.25) is 0 Å². The molecule has 1 aliphatic carbocycles. The predicted octanol–water partition coefficient (Wildman–Crippen LogP) is -0.162. The molecule has 106 valence electrons. The number of carboxylic acid groups (broad SMARTS) is 1. The normalized spacial score (nSPS) is 33.6. The summed E-state index contributed by atoms with van der Waals surface area (Å²) in [4.78, 5) is 25.2. The van der Waals surface area contributed by atoms with Crippen molar-refractivity contribution >= 4 is 11.9 Å². The van der Waals surface area contributed by atoms with Crippen molar-refractivity contribution in [3.8, 4) is 0 Å². The van der Waals surface area contributed by atoms with Gasteiger partial charge in [0.05, 0.1) is 25.2 Å². The molecule has 0 radical (unpaired) electrons. The number of aliphatic carboxylic acids is 1. The van der Waals surface area contributed by atoms with Gasteiger partial charge in [-0.3, -0.25) is 9.59 Å². The van der Waals surface area contributed by atoms with Crippen molar-refractivity contribution in [1.82, 2.24) is 4.90 Å². The molecule has 3 N–H and O–H groups in total. The van der Waals surface area contributed by atoms with E-state index >= 15 is 0 Å². The second-order valence-electron chi connectivity index (χ2n) is 5.06. The zero-order valence-electron chi connectivity index (χ0n) is 11.0. The number of ether oxygens (including phenoxy) is 1. The van der Waals surface area contributed by atoms with E-state index in [-0.39, 0.29) is 30.5 Å². The van der Waals surface area contributed by atoms with Gasteiger partial charge in [0, 0.05) is 12.6 Å². The van der Waals surface area contributed by atoms with Crippen LogP contribution in [0, 0.1) is 11.8 Å². The lowest BCUT2D eigenvalue weighted by Crippen LogP contribution is -2.48. The Balaban J connectivity index is 2.09. The Morgan fingerprint density at radius 1 is 1.42 bits per heavy atom. The first-order valence-electron chi connectivity index (χ1n) is 6.59. The molecular weight excluding hydrogens is 248 g/mol. The lowest BCUT2D eigenvalue weighted by molar-refractivity contribution is -0.145. The van der Waals surface area contributed by atoms with Crippen LogP contribution in [0.25, 0.3) is 0 Å². The third-order valence-corrected chi connectivity index (χ3v) is 3.83. The fraction of sp³-hybridized carbons (Fsp3) is 0.692. The number of hydrogen-bond acceptors (Lipinski definition) is 4. The average Bonchev–Trinajstić information content (AvgIpc) is 2.98. The first-order chi connectivity index (χ1) is 9.04. The Bertz CT molecular complexity index is 396. The molecule has 0 aromatic carbocycles. The molecule has 1 fully saturated rings. The molecule has 2 rings (SSSR count). The van der Waals surface area contributed by atoms with Crippen LogP contribution < -0.4 is 5.73 Å². The van der Waals surface area contributed by atoms with Crippen molar-refractivity contribution in [2.45, 2.75) is 25.4 Å². The summed E-state index contributed by atoms with van der Waals surface area (Å²) < 4.78 is 5.23. The SMILES string of the molecule is CCN(C(=O)C1C=CC(N)C1)C1COCC1C(=O)O. The summed E-state index contributed by atoms with van der Waals surface area (Å²) in [5.74, 6) is -1.83. The highest BCUT2D eigenvalue weighted by molar-refractivity contribution is 5.82. The number of nitrogens with two attached hydrogens (primary N) is 1. The second-order valence-corrected chi connectivity index (χ2v) is 5.06. The van der Waals surface area contributed by atoms with Crippen molar-refractivity contribution in [3.05, 3.63) is 12.2 Å². The minimum absolute atomic E-state index is 0.0477. The third-order valence-electron chi connectivity index (χ3n) is 3.83. The first-order valence-corrected chi connectivity index (χ1v) is 6.59. The van der Waals surface area contributed by atoms with Crippen molar-refractivity contribution in [1.29, 1.82) is 0 Å². The van der Waals surface area contributed by atoms with Gasteiger partial charge in [-0.2, -0.15) is 0 Å². The van der Waals surface area contributed by atoms with Gasteiger partial charge >= 0.3 is 5.97 Å². The molecule has 1 amide bonds. The molecule has 1 aliphatic heterocycles. The summed E-state index contributed by atoms with van der Waals surface area (Å²) in [6.07, 6.45) is 4.25. The van der Waals surface area contributed by atoms with E-state index in [4.69, 9.17) is 15.6 Å². The van der Waals surface area contributed by atoms with E-state index in [2.05, 4.69) is 0 Å². The smallest absolute Gasteiger partial charge is 0.311 e. The molecule has 6 nitrogen and oxygen atoms in total. The highest BCUT2D eigenvalue weighted by Gasteiger charge is 2.41. The minimum Gasteiger partial charge on any atom is -0.481 e. The summed E-state index contributed by atoms with van der Waals surface area (Å²) in [6.45, 7) is 2.80. The summed E-state index contributed by atoms with van der Waals surface area (Å²) >= 11 is 0. The number of carbonyl (C=O) groups excluding carboxylic acids is 1. The summed E-state index contributed by atoms with van der Waals surface area (Å²) in [6, 6.07) is -0.456. The molecule has 0 saturated carbocycles. The van der Waals surface area contributed by atoms with Gasteiger partial charge in [0.15, 0.2) is 0 Å². The highest BCUT2D eigenvalue weighted by Crippen LogP contribution is 2.25. The van der Waals surface area contributed by atoms with Gasteiger partial charge < -0.3 is 20.5 Å². The molecule has 0 aromatic heterocycles. The minimum atomic E-state index is -0.910. The Kier molecular flexibility index (Phi) is 4.21. The molecule has 4 atom stereocenters. The molecule has 0 bridgehead atoms. The molecule has 4 unspecified atom stereocenters. The first kappa shape index (κ1) is 14.0. The lowest BCUT2D eigenvalue weighted by Gasteiger charge is -2.31. The van der Waals surface area contributed by atoms with Crippen LogP contribution in [-0.2, 0) is 14.3 Å². The zero-order chi connectivity index (χ0) is 14.0. The lowest BCUT2D eigenvalue weighted by atomic mass is 9.99. The Morgan fingerprint density at radius 2 is 2.16 bits per heavy atom. The van der Waals surface area contributed by atoms with Crippen LogP contribution in [0.3, 0.4) is 0 Å². The summed E-state index contributed by atoms with van der Waals surface area (Å²) in [7, 11) is 0. The number of rotatable bonds is 4. The van der Waals surface area contributed by atoms with E-state index in [0.29, 0.717) is 19.6 Å². The van der Waals surface area contributed by atoms with Gasteiger partial charge in [-0.15, -0.1) is 0 Å². The number of likely N-dealkylation sites (N-methyl/N-ethyl adjacent to an activating group) is 1. The standard InChI is InChI=1S/C13H20N2O4/c1-2-15(11-7-19-6-10(11)13(17)18)12(16)8-3-4-9(14)5-8/h3-4,8-11H,2,5-7,14H2,1H3,(H,17,18). The van der Waals surface area contributed by atoms with Crippen LogP contribution in [-0.4, -0.2) is 53.7 Å². The fourth-order valence-corrected chi connectivity index (χ4v) is 2.76. The van der Waals surface area contributed by atoms with Gasteiger partial charge in [0.2, 0.25) is 5.91 Å². The van der Waals surface area contributed by atoms with Gasteiger partial charge in [-0.05, 0) is 13.3 Å². The van der Waals surface area contributed by atoms with Gasteiger partial charge in [-0.1, -0.05) is 12.2 Å². The molecular formula is C13H20N2O4. The largest absolute Gasteiger partial charge is 0.481 e. The maximum absolute atomic E-state index is 12.4. The second kappa shape index (κ2) is 5.71. The Labute approximate surface area is 112 Å². The van der Waals surface area contributed by atoms with E-state index in [9.17, 15) is 9.59 Å². The molecule has 2 aliphatic rings.